The maximum atomic E-state index is 12.8. The minimum absolute atomic E-state index is 0.0920. The summed E-state index contributed by atoms with van der Waals surface area (Å²) >= 11 is 6.09. The van der Waals surface area contributed by atoms with Crippen LogP contribution in [0.3, 0.4) is 0 Å². The Morgan fingerprint density at radius 1 is 0.714 bits per heavy atom. The normalized spacial score (nSPS) is 11.2. The lowest BCUT2D eigenvalue weighted by atomic mass is 10.2. The monoisotopic (exact) mass is 426 g/mol. The second-order valence-corrected chi connectivity index (χ2v) is 5.61. The molecule has 0 spiro atoms. The van der Waals surface area contributed by atoms with Gasteiger partial charge in [-0.1, -0.05) is 24.3 Å². The standard InChI is InChI=1S/C14H8Br2F4O/c15-11-7(13(17)18)3-1-5-9(11)21-10-6-2-4-8(12(10)16)14(19)20/h1-6,13-14H. The summed E-state index contributed by atoms with van der Waals surface area (Å²) in [6, 6.07) is 8.27. The van der Waals surface area contributed by atoms with Gasteiger partial charge in [0.1, 0.15) is 11.5 Å². The van der Waals surface area contributed by atoms with E-state index in [1.807, 2.05) is 0 Å². The van der Waals surface area contributed by atoms with E-state index in [1.165, 1.54) is 36.4 Å². The van der Waals surface area contributed by atoms with Gasteiger partial charge in [0, 0.05) is 11.1 Å². The third-order valence-electron chi connectivity index (χ3n) is 2.68. The first-order valence-electron chi connectivity index (χ1n) is 5.72. The Hall–Kier alpha value is -1.08. The van der Waals surface area contributed by atoms with Gasteiger partial charge < -0.3 is 4.74 Å². The Labute approximate surface area is 135 Å². The number of hydrogen-bond donors (Lipinski definition) is 0. The molecular weight excluding hydrogens is 420 g/mol. The highest BCUT2D eigenvalue weighted by Crippen LogP contribution is 2.41. The molecule has 2 aromatic rings. The molecule has 0 saturated heterocycles. The molecule has 0 atom stereocenters. The van der Waals surface area contributed by atoms with Gasteiger partial charge in [-0.05, 0) is 44.0 Å². The number of alkyl halides is 4. The third kappa shape index (κ3) is 3.58. The highest BCUT2D eigenvalue weighted by molar-refractivity contribution is 9.11. The fourth-order valence-corrected chi connectivity index (χ4v) is 2.71. The fourth-order valence-electron chi connectivity index (χ4n) is 1.67. The topological polar surface area (TPSA) is 9.23 Å². The van der Waals surface area contributed by atoms with Gasteiger partial charge >= 0.3 is 0 Å². The quantitative estimate of drug-likeness (QED) is 0.483. The summed E-state index contributed by atoms with van der Waals surface area (Å²) in [7, 11) is 0. The van der Waals surface area contributed by atoms with E-state index in [2.05, 4.69) is 31.9 Å². The maximum Gasteiger partial charge on any atom is 0.265 e. The summed E-state index contributed by atoms with van der Waals surface area (Å²) in [5.74, 6) is 0.250. The smallest absolute Gasteiger partial charge is 0.265 e. The molecule has 112 valence electrons. The molecule has 2 aromatic carbocycles. The second-order valence-electron chi connectivity index (χ2n) is 4.02. The van der Waals surface area contributed by atoms with Gasteiger partial charge in [-0.25, -0.2) is 17.6 Å². The van der Waals surface area contributed by atoms with Crippen molar-refractivity contribution in [3.05, 3.63) is 56.5 Å². The van der Waals surface area contributed by atoms with E-state index < -0.39 is 12.9 Å². The Bertz CT molecular complexity index is 591. The van der Waals surface area contributed by atoms with Crippen molar-refractivity contribution in [1.82, 2.24) is 0 Å². The first-order chi connectivity index (χ1) is 9.91. The molecule has 1 nitrogen and oxygen atoms in total. The minimum Gasteiger partial charge on any atom is -0.455 e. The van der Waals surface area contributed by atoms with Gasteiger partial charge in [-0.2, -0.15) is 0 Å². The lowest BCUT2D eigenvalue weighted by Gasteiger charge is -2.13. The number of benzene rings is 2. The summed E-state index contributed by atoms with van der Waals surface area (Å²) in [5, 5.41) is 0. The molecule has 0 N–H and O–H groups in total. The van der Waals surface area contributed by atoms with Crippen LogP contribution in [-0.2, 0) is 0 Å². The molecule has 2 rings (SSSR count). The van der Waals surface area contributed by atoms with Crippen molar-refractivity contribution in [2.75, 3.05) is 0 Å². The zero-order valence-electron chi connectivity index (χ0n) is 10.3. The van der Waals surface area contributed by atoms with Crippen LogP contribution in [0.4, 0.5) is 17.6 Å². The molecule has 0 heterocycles. The van der Waals surface area contributed by atoms with Crippen LogP contribution in [0.15, 0.2) is 45.3 Å². The van der Waals surface area contributed by atoms with E-state index in [0.717, 1.165) is 0 Å². The van der Waals surface area contributed by atoms with E-state index in [-0.39, 0.29) is 31.6 Å². The molecule has 0 bridgehead atoms. The van der Waals surface area contributed by atoms with Crippen molar-refractivity contribution in [3.8, 4) is 11.5 Å². The summed E-state index contributed by atoms with van der Waals surface area (Å²) < 4.78 is 56.9. The molecule has 0 unspecified atom stereocenters. The molecule has 0 saturated carbocycles. The minimum atomic E-state index is -2.67. The van der Waals surface area contributed by atoms with Crippen molar-refractivity contribution in [1.29, 1.82) is 0 Å². The first-order valence-corrected chi connectivity index (χ1v) is 7.31. The van der Waals surface area contributed by atoms with E-state index in [4.69, 9.17) is 4.74 Å². The van der Waals surface area contributed by atoms with Crippen LogP contribution in [0.25, 0.3) is 0 Å². The van der Waals surface area contributed by atoms with Gasteiger partial charge in [0.25, 0.3) is 12.9 Å². The molecule has 0 aliphatic rings. The Morgan fingerprint density at radius 2 is 1.10 bits per heavy atom. The summed E-state index contributed by atoms with van der Waals surface area (Å²) in [5.41, 5.74) is -0.456. The van der Waals surface area contributed by atoms with Crippen molar-refractivity contribution >= 4 is 31.9 Å². The molecule has 0 fully saturated rings. The molecule has 0 aliphatic carbocycles. The molecular formula is C14H8Br2F4O. The predicted molar refractivity (Wildman–Crippen MR) is 78.3 cm³/mol. The van der Waals surface area contributed by atoms with Crippen LogP contribution < -0.4 is 4.74 Å². The van der Waals surface area contributed by atoms with E-state index in [0.29, 0.717) is 0 Å². The molecule has 0 aromatic heterocycles. The highest BCUT2D eigenvalue weighted by Gasteiger charge is 2.18. The van der Waals surface area contributed by atoms with Crippen molar-refractivity contribution < 1.29 is 22.3 Å². The molecule has 0 amide bonds. The highest BCUT2D eigenvalue weighted by atomic mass is 79.9. The van der Waals surface area contributed by atoms with Crippen LogP contribution >= 0.6 is 31.9 Å². The first kappa shape index (κ1) is 16.3. The largest absolute Gasteiger partial charge is 0.455 e. The van der Waals surface area contributed by atoms with Gasteiger partial charge in [0.2, 0.25) is 0 Å². The van der Waals surface area contributed by atoms with Gasteiger partial charge in [0.15, 0.2) is 0 Å². The van der Waals surface area contributed by atoms with Crippen LogP contribution in [0.1, 0.15) is 24.0 Å². The zero-order chi connectivity index (χ0) is 15.6. The number of hydrogen-bond acceptors (Lipinski definition) is 1. The second kappa shape index (κ2) is 6.79. The predicted octanol–water partition coefficient (Wildman–Crippen LogP) is 6.88. The summed E-state index contributed by atoms with van der Waals surface area (Å²) in [6.45, 7) is 0. The van der Waals surface area contributed by atoms with Gasteiger partial charge in [-0.3, -0.25) is 0 Å². The van der Waals surface area contributed by atoms with Crippen molar-refractivity contribution in [2.24, 2.45) is 0 Å². The zero-order valence-corrected chi connectivity index (χ0v) is 13.5. The van der Waals surface area contributed by atoms with E-state index in [1.54, 1.807) is 0 Å². The Kier molecular flexibility index (Phi) is 5.27. The van der Waals surface area contributed by atoms with Crippen LogP contribution in [0, 0.1) is 0 Å². The average molecular weight is 428 g/mol. The molecule has 0 radical (unpaired) electrons. The fraction of sp³-hybridized carbons (Fsp3) is 0.143. The van der Waals surface area contributed by atoms with E-state index >= 15 is 0 Å². The van der Waals surface area contributed by atoms with Crippen molar-refractivity contribution in [2.45, 2.75) is 12.9 Å². The Morgan fingerprint density at radius 3 is 1.43 bits per heavy atom. The average Bonchev–Trinajstić information content (AvgIpc) is 2.42. The lowest BCUT2D eigenvalue weighted by Crippen LogP contribution is -1.94. The lowest BCUT2D eigenvalue weighted by molar-refractivity contribution is 0.150. The summed E-state index contributed by atoms with van der Waals surface area (Å²) in [4.78, 5) is 0. The molecule has 0 aliphatic heterocycles. The number of rotatable bonds is 4. The van der Waals surface area contributed by atoms with Gasteiger partial charge in [-0.15, -0.1) is 0 Å². The van der Waals surface area contributed by atoms with Crippen LogP contribution in [0.2, 0.25) is 0 Å². The van der Waals surface area contributed by atoms with E-state index in [9.17, 15) is 17.6 Å². The summed E-state index contributed by atoms with van der Waals surface area (Å²) in [6.07, 6.45) is -5.34. The number of halogens is 6. The molecule has 7 heteroatoms. The SMILES string of the molecule is FC(F)c1cccc(Oc2cccc(C(F)F)c2Br)c1Br. The van der Waals surface area contributed by atoms with Crippen LogP contribution in [-0.4, -0.2) is 0 Å². The van der Waals surface area contributed by atoms with Crippen molar-refractivity contribution in [3.63, 3.8) is 0 Å². The molecule has 21 heavy (non-hydrogen) atoms. The number of ether oxygens (including phenoxy) is 1. The van der Waals surface area contributed by atoms with Crippen LogP contribution in [0.5, 0.6) is 11.5 Å². The van der Waals surface area contributed by atoms with Gasteiger partial charge in [0.05, 0.1) is 8.95 Å². The Balaban J connectivity index is 2.40. The maximum absolute atomic E-state index is 12.8. The third-order valence-corrected chi connectivity index (χ3v) is 4.37.